The van der Waals surface area contributed by atoms with Crippen LogP contribution in [0.3, 0.4) is 0 Å². The summed E-state index contributed by atoms with van der Waals surface area (Å²) in [5, 5.41) is 9.90. The van der Waals surface area contributed by atoms with E-state index in [1.165, 1.54) is 23.8 Å². The summed E-state index contributed by atoms with van der Waals surface area (Å²) in [6.45, 7) is 7.98. The van der Waals surface area contributed by atoms with Crippen LogP contribution < -0.4 is 10.2 Å². The van der Waals surface area contributed by atoms with Crippen molar-refractivity contribution in [3.8, 4) is 17.2 Å². The first-order valence-electron chi connectivity index (χ1n) is 7.91. The first-order chi connectivity index (χ1) is 11.4. The molecule has 24 heavy (non-hydrogen) atoms. The third-order valence-electron chi connectivity index (χ3n) is 4.08. The van der Waals surface area contributed by atoms with Gasteiger partial charge in [-0.3, -0.25) is 4.79 Å². The fraction of sp³-hybridized carbons (Fsp3) is 0.250. The number of hydrogen-bond donors (Lipinski definition) is 1. The highest BCUT2D eigenvalue weighted by atomic mass is 16.5. The highest BCUT2D eigenvalue weighted by Crippen LogP contribution is 2.29. The smallest absolute Gasteiger partial charge is 0.235 e. The first-order valence-corrected chi connectivity index (χ1v) is 7.91. The standard InChI is InChI=1S/C20H20O4/c1-11(2)16-8-6-15(9-12(16)3)24-20-13(4)23-18-10-14(21)5-7-17(18)19(20)22/h5-11,21H,1-4H3. The molecule has 4 heteroatoms. The van der Waals surface area contributed by atoms with E-state index in [-0.39, 0.29) is 16.9 Å². The Morgan fingerprint density at radius 3 is 2.50 bits per heavy atom. The molecule has 0 bridgehead atoms. The van der Waals surface area contributed by atoms with E-state index in [1.54, 1.807) is 6.92 Å². The molecule has 0 unspecified atom stereocenters. The van der Waals surface area contributed by atoms with Crippen molar-refractivity contribution in [2.75, 3.05) is 0 Å². The van der Waals surface area contributed by atoms with E-state index < -0.39 is 0 Å². The van der Waals surface area contributed by atoms with Crippen molar-refractivity contribution in [1.29, 1.82) is 0 Å². The normalized spacial score (nSPS) is 11.2. The van der Waals surface area contributed by atoms with Gasteiger partial charge in [0.2, 0.25) is 11.2 Å². The van der Waals surface area contributed by atoms with Crippen LogP contribution in [0.1, 0.15) is 36.7 Å². The molecular weight excluding hydrogens is 304 g/mol. The number of ether oxygens (including phenoxy) is 1. The Morgan fingerprint density at radius 2 is 1.83 bits per heavy atom. The highest BCUT2D eigenvalue weighted by Gasteiger charge is 2.15. The highest BCUT2D eigenvalue weighted by molar-refractivity contribution is 5.79. The van der Waals surface area contributed by atoms with E-state index in [4.69, 9.17) is 9.15 Å². The number of aryl methyl sites for hydroxylation is 2. The number of fused-ring (bicyclic) bond motifs is 1. The average Bonchev–Trinajstić information content (AvgIpc) is 2.50. The van der Waals surface area contributed by atoms with Crippen molar-refractivity contribution in [1.82, 2.24) is 0 Å². The maximum Gasteiger partial charge on any atom is 0.235 e. The Bertz CT molecular complexity index is 967. The van der Waals surface area contributed by atoms with Crippen LogP contribution in [0.5, 0.6) is 17.2 Å². The molecule has 0 saturated heterocycles. The quantitative estimate of drug-likeness (QED) is 0.734. The van der Waals surface area contributed by atoms with Crippen molar-refractivity contribution in [2.24, 2.45) is 0 Å². The van der Waals surface area contributed by atoms with Gasteiger partial charge in [0.1, 0.15) is 22.8 Å². The molecule has 0 radical (unpaired) electrons. The van der Waals surface area contributed by atoms with Crippen molar-refractivity contribution >= 4 is 11.0 Å². The summed E-state index contributed by atoms with van der Waals surface area (Å²) in [5.41, 5.74) is 2.46. The fourth-order valence-corrected chi connectivity index (χ4v) is 2.87. The molecule has 2 aromatic carbocycles. The molecule has 0 fully saturated rings. The lowest BCUT2D eigenvalue weighted by atomic mass is 9.98. The van der Waals surface area contributed by atoms with Crippen LogP contribution in [0.25, 0.3) is 11.0 Å². The predicted molar refractivity (Wildman–Crippen MR) is 94.2 cm³/mol. The van der Waals surface area contributed by atoms with Gasteiger partial charge in [-0.05, 0) is 55.2 Å². The van der Waals surface area contributed by atoms with Crippen molar-refractivity contribution in [3.63, 3.8) is 0 Å². The minimum atomic E-state index is -0.251. The largest absolute Gasteiger partial charge is 0.508 e. The second-order valence-corrected chi connectivity index (χ2v) is 6.27. The minimum absolute atomic E-state index is 0.0543. The van der Waals surface area contributed by atoms with Gasteiger partial charge in [-0.2, -0.15) is 0 Å². The lowest BCUT2D eigenvalue weighted by Gasteiger charge is -2.13. The van der Waals surface area contributed by atoms with Gasteiger partial charge in [0, 0.05) is 6.07 Å². The second kappa shape index (κ2) is 6.04. The number of hydrogen-bond acceptors (Lipinski definition) is 4. The summed E-state index contributed by atoms with van der Waals surface area (Å²) < 4.78 is 11.5. The summed E-state index contributed by atoms with van der Waals surface area (Å²) in [4.78, 5) is 12.7. The van der Waals surface area contributed by atoms with Crippen molar-refractivity contribution in [2.45, 2.75) is 33.6 Å². The van der Waals surface area contributed by atoms with E-state index in [1.807, 2.05) is 25.1 Å². The van der Waals surface area contributed by atoms with E-state index in [2.05, 4.69) is 13.8 Å². The number of aromatic hydroxyl groups is 1. The van der Waals surface area contributed by atoms with Gasteiger partial charge in [0.05, 0.1) is 5.39 Å². The molecule has 0 spiro atoms. The van der Waals surface area contributed by atoms with E-state index in [0.717, 1.165) is 5.56 Å². The van der Waals surface area contributed by atoms with Gasteiger partial charge in [-0.25, -0.2) is 0 Å². The van der Waals surface area contributed by atoms with Crippen LogP contribution in [0.2, 0.25) is 0 Å². The second-order valence-electron chi connectivity index (χ2n) is 6.27. The Balaban J connectivity index is 2.06. The maximum atomic E-state index is 12.7. The van der Waals surface area contributed by atoms with Crippen LogP contribution in [0.15, 0.2) is 45.6 Å². The Kier molecular flexibility index (Phi) is 4.06. The Morgan fingerprint density at radius 1 is 1.08 bits per heavy atom. The van der Waals surface area contributed by atoms with Crippen LogP contribution >= 0.6 is 0 Å². The summed E-state index contributed by atoms with van der Waals surface area (Å²) in [5.74, 6) is 1.64. The molecule has 124 valence electrons. The molecule has 0 saturated carbocycles. The van der Waals surface area contributed by atoms with Gasteiger partial charge in [0.25, 0.3) is 0 Å². The number of rotatable bonds is 3. The van der Waals surface area contributed by atoms with Crippen LogP contribution in [0.4, 0.5) is 0 Å². The van der Waals surface area contributed by atoms with Gasteiger partial charge >= 0.3 is 0 Å². The van der Waals surface area contributed by atoms with Gasteiger partial charge in [-0.1, -0.05) is 19.9 Å². The SMILES string of the molecule is Cc1cc(Oc2c(C)oc3cc(O)ccc3c2=O)ccc1C(C)C. The summed E-state index contributed by atoms with van der Waals surface area (Å²) in [6, 6.07) is 10.2. The minimum Gasteiger partial charge on any atom is -0.508 e. The molecule has 0 aliphatic carbocycles. The molecule has 0 amide bonds. The van der Waals surface area contributed by atoms with Crippen LogP contribution in [0, 0.1) is 13.8 Å². The number of phenols is 1. The molecule has 1 aromatic heterocycles. The summed E-state index contributed by atoms with van der Waals surface area (Å²) >= 11 is 0. The molecule has 4 nitrogen and oxygen atoms in total. The summed E-state index contributed by atoms with van der Waals surface area (Å²) in [6.07, 6.45) is 0. The molecule has 0 aliphatic heterocycles. The van der Waals surface area contributed by atoms with Crippen molar-refractivity contribution in [3.05, 3.63) is 63.5 Å². The Hall–Kier alpha value is -2.75. The van der Waals surface area contributed by atoms with E-state index in [0.29, 0.717) is 28.4 Å². The molecular formula is C20H20O4. The molecule has 0 atom stereocenters. The lowest BCUT2D eigenvalue weighted by molar-refractivity contribution is 0.434. The zero-order valence-corrected chi connectivity index (χ0v) is 14.2. The zero-order chi connectivity index (χ0) is 17.4. The summed E-state index contributed by atoms with van der Waals surface area (Å²) in [7, 11) is 0. The van der Waals surface area contributed by atoms with E-state index in [9.17, 15) is 9.90 Å². The third kappa shape index (κ3) is 2.87. The topological polar surface area (TPSA) is 59.7 Å². The third-order valence-corrected chi connectivity index (χ3v) is 4.08. The molecule has 1 N–H and O–H groups in total. The fourth-order valence-electron chi connectivity index (χ4n) is 2.87. The zero-order valence-electron chi connectivity index (χ0n) is 14.2. The van der Waals surface area contributed by atoms with Crippen molar-refractivity contribution < 1.29 is 14.3 Å². The number of phenolic OH excluding ortho intramolecular Hbond substituents is 1. The van der Waals surface area contributed by atoms with E-state index >= 15 is 0 Å². The van der Waals surface area contributed by atoms with Gasteiger partial charge in [-0.15, -0.1) is 0 Å². The molecule has 3 aromatic rings. The number of benzene rings is 2. The first kappa shape index (κ1) is 16.1. The van der Waals surface area contributed by atoms with Gasteiger partial charge < -0.3 is 14.3 Å². The predicted octanol–water partition coefficient (Wildman–Crippen LogP) is 5.03. The molecule has 0 aliphatic rings. The monoisotopic (exact) mass is 324 g/mol. The lowest BCUT2D eigenvalue weighted by Crippen LogP contribution is -2.07. The van der Waals surface area contributed by atoms with Gasteiger partial charge in [0.15, 0.2) is 0 Å². The Labute approximate surface area is 140 Å². The molecule has 3 rings (SSSR count). The van der Waals surface area contributed by atoms with Crippen LogP contribution in [-0.2, 0) is 0 Å². The van der Waals surface area contributed by atoms with Crippen LogP contribution in [-0.4, -0.2) is 5.11 Å². The maximum absolute atomic E-state index is 12.7. The average molecular weight is 324 g/mol. The molecule has 1 heterocycles.